The number of ether oxygens (including phenoxy) is 1. The summed E-state index contributed by atoms with van der Waals surface area (Å²) in [7, 11) is 0. The summed E-state index contributed by atoms with van der Waals surface area (Å²) >= 11 is 0. The zero-order chi connectivity index (χ0) is 33.6. The number of carbonyl (C=O) groups excluding carboxylic acids is 1. The Hall–Kier alpha value is -3.38. The summed E-state index contributed by atoms with van der Waals surface area (Å²) in [5.41, 5.74) is 18.1. The third kappa shape index (κ3) is 8.38. The van der Waals surface area contributed by atoms with Crippen molar-refractivity contribution >= 4 is 11.5 Å². The fourth-order valence-electron chi connectivity index (χ4n) is 7.46. The lowest BCUT2D eigenvalue weighted by molar-refractivity contribution is -0.851. The molecule has 5 unspecified atom stereocenters. The van der Waals surface area contributed by atoms with Gasteiger partial charge in [-0.2, -0.15) is 0 Å². The Morgan fingerprint density at radius 1 is 1.17 bits per heavy atom. The largest absolute Gasteiger partial charge is 0.504 e. The van der Waals surface area contributed by atoms with Crippen LogP contribution in [0.15, 0.2) is 71.0 Å². The van der Waals surface area contributed by atoms with E-state index < -0.39 is 18.4 Å². The van der Waals surface area contributed by atoms with Gasteiger partial charge in [-0.15, -0.1) is 0 Å². The molecule has 5 atom stereocenters. The lowest BCUT2D eigenvalue weighted by atomic mass is 9.69. The van der Waals surface area contributed by atoms with Crippen molar-refractivity contribution in [3.05, 3.63) is 82.7 Å². The van der Waals surface area contributed by atoms with E-state index in [0.29, 0.717) is 31.1 Å². The molecular weight excluding hydrogens is 596 g/mol. The van der Waals surface area contributed by atoms with Crippen LogP contribution in [0.4, 0.5) is 0 Å². The molecule has 254 valence electrons. The molecule has 9 N–H and O–H groups in total. The number of aliphatic hydroxyl groups is 3. The molecule has 1 aliphatic carbocycles. The molecule has 10 nitrogen and oxygen atoms in total. The number of nitrogens with one attached hydrogen (secondary N) is 1. The zero-order valence-electron chi connectivity index (χ0n) is 27.4. The molecule has 10 heteroatoms. The average molecular weight is 648 g/mol. The van der Waals surface area contributed by atoms with Crippen LogP contribution in [0.2, 0.25) is 0 Å². The van der Waals surface area contributed by atoms with Gasteiger partial charge in [-0.05, 0) is 85.3 Å². The van der Waals surface area contributed by atoms with Gasteiger partial charge in [0, 0.05) is 31.1 Å². The summed E-state index contributed by atoms with van der Waals surface area (Å²) in [5.74, 6) is 0.722. The Balaban J connectivity index is 1.23. The summed E-state index contributed by atoms with van der Waals surface area (Å²) < 4.78 is 6.11. The highest BCUT2D eigenvalue weighted by Crippen LogP contribution is 2.53. The van der Waals surface area contributed by atoms with Crippen LogP contribution < -0.4 is 21.1 Å². The fraction of sp³-hybridized carbons (Fsp3) is 0.514. The van der Waals surface area contributed by atoms with E-state index in [4.69, 9.17) is 21.2 Å². The number of hydrogen-bond donors (Lipinski definition) is 7. The Kier molecular flexibility index (Phi) is 11.7. The highest BCUT2D eigenvalue weighted by atomic mass is 16.5. The number of quaternary nitrogens is 1. The molecule has 0 saturated heterocycles. The van der Waals surface area contributed by atoms with Crippen LogP contribution in [-0.4, -0.2) is 64.0 Å². The van der Waals surface area contributed by atoms with Gasteiger partial charge in [-0.1, -0.05) is 43.7 Å². The number of ketones is 1. The van der Waals surface area contributed by atoms with E-state index in [-0.39, 0.29) is 49.5 Å². The van der Waals surface area contributed by atoms with E-state index in [1.54, 1.807) is 18.2 Å². The van der Waals surface area contributed by atoms with Gasteiger partial charge in [0.05, 0.1) is 23.9 Å². The van der Waals surface area contributed by atoms with Gasteiger partial charge in [0.15, 0.2) is 11.5 Å². The van der Waals surface area contributed by atoms with Crippen molar-refractivity contribution in [2.75, 3.05) is 19.9 Å². The van der Waals surface area contributed by atoms with Crippen LogP contribution in [0.1, 0.15) is 87.6 Å². The number of aromatic hydroxyl groups is 1. The molecule has 2 aromatic rings. The van der Waals surface area contributed by atoms with Crippen molar-refractivity contribution in [1.29, 1.82) is 0 Å². The van der Waals surface area contributed by atoms with Gasteiger partial charge in [0.2, 0.25) is 6.73 Å². The van der Waals surface area contributed by atoms with Crippen molar-refractivity contribution < 1.29 is 34.9 Å². The summed E-state index contributed by atoms with van der Waals surface area (Å²) in [5, 5.41) is 40.3. The molecule has 5 rings (SSSR count). The van der Waals surface area contributed by atoms with Gasteiger partial charge in [-0.25, -0.2) is 0 Å². The first-order valence-electron chi connectivity index (χ1n) is 17.0. The number of benzene rings is 2. The number of aryl methyl sites for hydroxylation is 1. The molecule has 2 aliphatic heterocycles. The van der Waals surface area contributed by atoms with E-state index in [9.17, 15) is 25.2 Å². The van der Waals surface area contributed by atoms with Crippen molar-refractivity contribution in [3.8, 4) is 11.5 Å². The molecule has 1 fully saturated rings. The summed E-state index contributed by atoms with van der Waals surface area (Å²) in [6, 6.07) is 13.4. The second kappa shape index (κ2) is 15.7. The number of phenols is 1. The number of rotatable bonds is 17. The molecule has 1 saturated carbocycles. The fourth-order valence-corrected chi connectivity index (χ4v) is 7.46. The molecule has 0 aromatic heterocycles. The molecular formula is C37H51N4O6+. The maximum atomic E-state index is 12.5. The Bertz CT molecular complexity index is 1500. The molecule has 3 aliphatic rings. The predicted molar refractivity (Wildman–Crippen MR) is 181 cm³/mol. The van der Waals surface area contributed by atoms with Crippen molar-refractivity contribution in [1.82, 2.24) is 0 Å². The van der Waals surface area contributed by atoms with Gasteiger partial charge >= 0.3 is 0 Å². The molecule has 47 heavy (non-hydrogen) atoms. The van der Waals surface area contributed by atoms with Crippen molar-refractivity contribution in [2.24, 2.45) is 22.4 Å². The number of aliphatic imine (C=N–C) groups is 1. The van der Waals surface area contributed by atoms with E-state index in [1.165, 1.54) is 11.1 Å². The second-order valence-electron chi connectivity index (χ2n) is 13.5. The Morgan fingerprint density at radius 3 is 2.77 bits per heavy atom. The number of allylic oxidation sites excluding steroid dienone is 1. The van der Waals surface area contributed by atoms with Crippen molar-refractivity contribution in [3.63, 3.8) is 0 Å². The van der Waals surface area contributed by atoms with Crippen LogP contribution >= 0.6 is 0 Å². The topological polar surface area (TPSA) is 176 Å². The number of carbonyl (C=O) groups is 1. The first kappa shape index (κ1) is 34.9. The molecule has 2 heterocycles. The quantitative estimate of drug-likeness (QED) is 0.128. The van der Waals surface area contributed by atoms with Crippen LogP contribution in [0.5, 0.6) is 11.5 Å². The molecule has 2 aromatic carbocycles. The summed E-state index contributed by atoms with van der Waals surface area (Å²) in [6.07, 6.45) is 8.19. The molecule has 0 amide bonds. The Morgan fingerprint density at radius 2 is 2.00 bits per heavy atom. The molecule has 0 bridgehead atoms. The maximum Gasteiger partial charge on any atom is 0.227 e. The third-order valence-electron chi connectivity index (χ3n) is 9.95. The lowest BCUT2D eigenvalue weighted by Crippen LogP contribution is -3.07. The van der Waals surface area contributed by atoms with Gasteiger partial charge in [-0.3, -0.25) is 14.7 Å². The van der Waals surface area contributed by atoms with Gasteiger partial charge < -0.3 is 36.6 Å². The minimum atomic E-state index is -0.848. The number of aliphatic hydroxyl groups excluding tert-OH is 3. The van der Waals surface area contributed by atoms with Crippen molar-refractivity contribution in [2.45, 2.75) is 94.9 Å². The van der Waals surface area contributed by atoms with E-state index >= 15 is 0 Å². The number of nitrogens with two attached hydrogens (primary N) is 2. The van der Waals surface area contributed by atoms with Crippen LogP contribution in [0.3, 0.4) is 0 Å². The molecule has 0 radical (unpaired) electrons. The smallest absolute Gasteiger partial charge is 0.227 e. The number of Topliss-reactive ketones (excluding diaryl/α,β-unsaturated/α-hetero) is 1. The SMILES string of the molecule is CCCC(O)CC(O)CC(=O)CCc1ccc(O)c(OC[NH+]2C=C3C(C4(c5cccc(C(N)N)c5)CCC(CCO)C4)=CN=C3C2)c1. The normalized spacial score (nSPS) is 23.3. The van der Waals surface area contributed by atoms with Crippen LogP contribution in [-0.2, 0) is 16.6 Å². The second-order valence-corrected chi connectivity index (χ2v) is 13.5. The number of phenolic OH excluding ortho intramolecular Hbond substituents is 1. The monoisotopic (exact) mass is 647 g/mol. The minimum Gasteiger partial charge on any atom is -0.504 e. The summed E-state index contributed by atoms with van der Waals surface area (Å²) in [6.45, 7) is 3.08. The highest BCUT2D eigenvalue weighted by Gasteiger charge is 2.48. The molecule has 0 spiro atoms. The van der Waals surface area contributed by atoms with Gasteiger partial charge in [0.25, 0.3) is 0 Å². The van der Waals surface area contributed by atoms with Gasteiger partial charge in [0.1, 0.15) is 24.2 Å². The first-order chi connectivity index (χ1) is 22.6. The highest BCUT2D eigenvalue weighted by molar-refractivity contribution is 6.08. The van der Waals surface area contributed by atoms with E-state index in [2.05, 4.69) is 18.3 Å². The number of nitrogens with zero attached hydrogens (tertiary/aromatic N) is 1. The third-order valence-corrected chi connectivity index (χ3v) is 9.95. The van der Waals surface area contributed by atoms with Crippen LogP contribution in [0.25, 0.3) is 0 Å². The van der Waals surface area contributed by atoms with E-state index in [1.807, 2.05) is 25.3 Å². The zero-order valence-corrected chi connectivity index (χ0v) is 27.4. The maximum absolute atomic E-state index is 12.5. The standard InChI is InChI=1S/C37H50N4O6/c1-2-4-28(43)17-30(45)18-29(44)9-7-24-8-10-34(46)35(15-24)47-23-41-21-31-32(20-40-33(31)22-41)37(13-11-25(19-37)12-14-42)27-6-3-5-26(16-27)36(38)39/h3,5-6,8,10,15-16,20-21,25,28,30,36,42-43,45-46H,2,4,7,9,11-14,17-19,22-23,38-39H2,1H3/p+1. The average Bonchev–Trinajstić information content (AvgIpc) is 3.75. The van der Waals surface area contributed by atoms with Crippen LogP contribution in [0, 0.1) is 5.92 Å². The number of fused-ring (bicyclic) bond motifs is 1. The van der Waals surface area contributed by atoms with E-state index in [0.717, 1.165) is 59.4 Å². The summed E-state index contributed by atoms with van der Waals surface area (Å²) in [4.78, 5) is 18.4. The lowest BCUT2D eigenvalue weighted by Gasteiger charge is -2.33. The first-order valence-corrected chi connectivity index (χ1v) is 17.0. The Labute approximate surface area is 277 Å². The number of hydrogen-bond acceptors (Lipinski definition) is 9. The predicted octanol–water partition coefficient (Wildman–Crippen LogP) is 2.69. The minimum absolute atomic E-state index is 0.0187.